The first-order valence-corrected chi connectivity index (χ1v) is 8.34. The fraction of sp³-hybridized carbons (Fsp3) is 0.154. The van der Waals surface area contributed by atoms with E-state index in [0.717, 1.165) is 11.3 Å². The van der Waals surface area contributed by atoms with E-state index in [1.54, 1.807) is 13.2 Å². The Morgan fingerprint density at radius 2 is 1.91 bits per heavy atom. The SMILES string of the molecule is Cn1n[c-]c(-c2nccn2-c2ccccc2C(Br)(Br)Br)n1.[Ir]. The van der Waals surface area contributed by atoms with Crippen LogP contribution in [-0.2, 0) is 29.3 Å². The van der Waals surface area contributed by atoms with E-state index in [1.807, 2.05) is 35.0 Å². The van der Waals surface area contributed by atoms with Crippen molar-refractivity contribution < 1.29 is 20.1 Å². The number of hydrogen-bond acceptors (Lipinski definition) is 3. The molecule has 0 aliphatic carbocycles. The van der Waals surface area contributed by atoms with Crippen LogP contribution in [0.5, 0.6) is 0 Å². The maximum Gasteiger partial charge on any atom is 0.161 e. The maximum absolute atomic E-state index is 4.37. The van der Waals surface area contributed by atoms with Gasteiger partial charge in [-0.25, -0.2) is 4.80 Å². The van der Waals surface area contributed by atoms with E-state index >= 15 is 0 Å². The first kappa shape index (κ1) is 18.0. The Bertz CT molecular complexity index is 778. The molecule has 22 heavy (non-hydrogen) atoms. The summed E-state index contributed by atoms with van der Waals surface area (Å²) >= 11 is 10.7. The molecule has 9 heteroatoms. The van der Waals surface area contributed by atoms with Gasteiger partial charge in [-0.05, 0) is 11.8 Å². The van der Waals surface area contributed by atoms with Crippen molar-refractivity contribution in [3.8, 4) is 17.2 Å². The Balaban J connectivity index is 0.00000176. The fourth-order valence-corrected chi connectivity index (χ4v) is 3.01. The Morgan fingerprint density at radius 1 is 1.18 bits per heavy atom. The van der Waals surface area contributed by atoms with Gasteiger partial charge in [0.15, 0.2) is 2.14 Å². The fourth-order valence-electron chi connectivity index (χ4n) is 2.00. The number of alkyl halides is 3. The first-order valence-electron chi connectivity index (χ1n) is 5.96. The number of imidazole rings is 1. The maximum atomic E-state index is 4.37. The van der Waals surface area contributed by atoms with Crippen LogP contribution in [0.1, 0.15) is 5.56 Å². The molecule has 3 rings (SSSR count). The molecule has 0 aliphatic heterocycles. The Labute approximate surface area is 166 Å². The largest absolute Gasteiger partial charge is 0.378 e. The van der Waals surface area contributed by atoms with Gasteiger partial charge < -0.3 is 9.55 Å². The summed E-state index contributed by atoms with van der Waals surface area (Å²) in [6.45, 7) is 0. The molecule has 0 atom stereocenters. The molecular formula is C13H9Br3IrN5-. The Hall–Kier alpha value is -0.341. The number of aryl methyl sites for hydroxylation is 1. The third-order valence-corrected chi connectivity index (χ3v) is 4.15. The van der Waals surface area contributed by atoms with Crippen LogP contribution in [-0.4, -0.2) is 24.5 Å². The summed E-state index contributed by atoms with van der Waals surface area (Å²) in [4.78, 5) is 5.83. The molecule has 3 aromatic rings. The van der Waals surface area contributed by atoms with E-state index in [9.17, 15) is 0 Å². The molecule has 0 fully saturated rings. The molecule has 2 aromatic heterocycles. The van der Waals surface area contributed by atoms with Gasteiger partial charge in [0.1, 0.15) is 0 Å². The second-order valence-corrected chi connectivity index (χ2v) is 11.0. The Kier molecular flexibility index (Phi) is 5.77. The van der Waals surface area contributed by atoms with E-state index in [-0.39, 0.29) is 20.1 Å². The molecule has 0 aliphatic rings. The summed E-state index contributed by atoms with van der Waals surface area (Å²) < 4.78 is 1.44. The van der Waals surface area contributed by atoms with Gasteiger partial charge in [-0.1, -0.05) is 72.2 Å². The summed E-state index contributed by atoms with van der Waals surface area (Å²) in [5.41, 5.74) is 2.57. The molecule has 0 amide bonds. The van der Waals surface area contributed by atoms with Crippen LogP contribution in [0, 0.1) is 6.20 Å². The molecule has 0 bridgehead atoms. The molecule has 1 aromatic carbocycles. The van der Waals surface area contributed by atoms with Crippen molar-refractivity contribution in [2.75, 3.05) is 0 Å². The van der Waals surface area contributed by atoms with Gasteiger partial charge in [0.05, 0.1) is 0 Å². The van der Waals surface area contributed by atoms with Gasteiger partial charge in [-0.3, -0.25) is 5.10 Å². The molecular weight excluding hydrogens is 658 g/mol. The van der Waals surface area contributed by atoms with Crippen LogP contribution in [0.4, 0.5) is 0 Å². The zero-order valence-corrected chi connectivity index (χ0v) is 18.3. The summed E-state index contributed by atoms with van der Waals surface area (Å²) in [7, 11) is 1.75. The van der Waals surface area contributed by atoms with E-state index in [4.69, 9.17) is 0 Å². The smallest absolute Gasteiger partial charge is 0.161 e. The van der Waals surface area contributed by atoms with Gasteiger partial charge in [0, 0.05) is 56.6 Å². The summed E-state index contributed by atoms with van der Waals surface area (Å²) in [5, 5.41) is 8.24. The molecule has 117 valence electrons. The zero-order valence-electron chi connectivity index (χ0n) is 11.2. The van der Waals surface area contributed by atoms with E-state index in [0.29, 0.717) is 11.5 Å². The predicted molar refractivity (Wildman–Crippen MR) is 90.9 cm³/mol. The number of benzene rings is 1. The molecule has 0 saturated carbocycles. The molecule has 5 nitrogen and oxygen atoms in total. The van der Waals surface area contributed by atoms with Gasteiger partial charge >= 0.3 is 0 Å². The van der Waals surface area contributed by atoms with Crippen LogP contribution in [0.15, 0.2) is 36.7 Å². The van der Waals surface area contributed by atoms with Crippen LogP contribution < -0.4 is 0 Å². The average molecular weight is 667 g/mol. The topological polar surface area (TPSA) is 48.5 Å². The van der Waals surface area contributed by atoms with Gasteiger partial charge in [0.2, 0.25) is 0 Å². The molecule has 0 N–H and O–H groups in total. The van der Waals surface area contributed by atoms with Crippen molar-refractivity contribution in [1.82, 2.24) is 24.5 Å². The van der Waals surface area contributed by atoms with Crippen LogP contribution in [0.25, 0.3) is 17.2 Å². The van der Waals surface area contributed by atoms with E-state index < -0.39 is 2.14 Å². The summed E-state index contributed by atoms with van der Waals surface area (Å²) in [5.74, 6) is 0.687. The molecule has 0 spiro atoms. The minimum atomic E-state index is -0.517. The van der Waals surface area contributed by atoms with Gasteiger partial charge in [0.25, 0.3) is 0 Å². The van der Waals surface area contributed by atoms with Crippen molar-refractivity contribution in [2.45, 2.75) is 2.14 Å². The minimum absolute atomic E-state index is 0. The number of halogens is 3. The normalized spacial score (nSPS) is 11.3. The second kappa shape index (κ2) is 7.05. The van der Waals surface area contributed by atoms with Crippen LogP contribution >= 0.6 is 47.8 Å². The standard InChI is InChI=1S/C13H9Br3N5.Ir/c1-20-18-8-10(19-20)12-17-6-7-21(12)11-5-3-2-4-9(11)13(14,15)16;/h2-7H,1H3;/q-1;. The van der Waals surface area contributed by atoms with Crippen molar-refractivity contribution in [3.05, 3.63) is 48.4 Å². The van der Waals surface area contributed by atoms with Crippen molar-refractivity contribution in [2.24, 2.45) is 7.05 Å². The number of hydrogen-bond donors (Lipinski definition) is 0. The number of para-hydroxylation sites is 1. The third-order valence-electron chi connectivity index (χ3n) is 2.87. The molecule has 0 unspecified atom stereocenters. The number of aromatic nitrogens is 5. The summed E-state index contributed by atoms with van der Waals surface area (Å²) in [6.07, 6.45) is 6.47. The quantitative estimate of drug-likeness (QED) is 0.309. The van der Waals surface area contributed by atoms with Crippen LogP contribution in [0.2, 0.25) is 0 Å². The van der Waals surface area contributed by atoms with Gasteiger partial charge in [-0.2, -0.15) is 5.10 Å². The molecule has 0 saturated heterocycles. The van der Waals surface area contributed by atoms with Crippen molar-refractivity contribution in [3.63, 3.8) is 0 Å². The minimum Gasteiger partial charge on any atom is -0.378 e. The van der Waals surface area contributed by atoms with E-state index in [2.05, 4.69) is 69.2 Å². The number of rotatable bonds is 2. The van der Waals surface area contributed by atoms with Gasteiger partial charge in [-0.15, -0.1) is 0 Å². The monoisotopic (exact) mass is 665 g/mol. The van der Waals surface area contributed by atoms with Crippen molar-refractivity contribution >= 4 is 47.8 Å². The Morgan fingerprint density at radius 3 is 2.55 bits per heavy atom. The second-order valence-electron chi connectivity index (χ2n) is 4.29. The third kappa shape index (κ3) is 3.59. The molecule has 1 radical (unpaired) electrons. The predicted octanol–water partition coefficient (Wildman–Crippen LogP) is 3.76. The van der Waals surface area contributed by atoms with E-state index in [1.165, 1.54) is 4.80 Å². The van der Waals surface area contributed by atoms with Crippen LogP contribution in [0.3, 0.4) is 0 Å². The zero-order chi connectivity index (χ0) is 15.0. The summed E-state index contributed by atoms with van der Waals surface area (Å²) in [6, 6.07) is 7.97. The molecule has 2 heterocycles. The van der Waals surface area contributed by atoms with Crippen molar-refractivity contribution in [1.29, 1.82) is 0 Å². The first-order chi connectivity index (χ1) is 9.97. The average Bonchev–Trinajstić information content (AvgIpc) is 3.06. The number of nitrogens with zero attached hydrogens (tertiary/aromatic N) is 5.